The van der Waals surface area contributed by atoms with E-state index in [2.05, 4.69) is 21.4 Å². The maximum absolute atomic E-state index is 12.5. The first-order chi connectivity index (χ1) is 11.2. The fraction of sp³-hybridized carbons (Fsp3) is 0.250. The predicted octanol–water partition coefficient (Wildman–Crippen LogP) is 1.44. The third kappa shape index (κ3) is 2.53. The molecule has 3 aromatic heterocycles. The summed E-state index contributed by atoms with van der Waals surface area (Å²) in [5.41, 5.74) is 1.38. The Kier molecular flexibility index (Phi) is 3.42. The summed E-state index contributed by atoms with van der Waals surface area (Å²) in [5, 5.41) is 2.49. The molecule has 0 saturated carbocycles. The number of rotatable bonds is 2. The van der Waals surface area contributed by atoms with E-state index < -0.39 is 0 Å². The molecule has 0 fully saturated rings. The summed E-state index contributed by atoms with van der Waals surface area (Å²) in [4.78, 5) is 36.3. The van der Waals surface area contributed by atoms with Crippen LogP contribution in [0, 0.1) is 0 Å². The molecule has 116 valence electrons. The predicted molar refractivity (Wildman–Crippen MR) is 87.2 cm³/mol. The van der Waals surface area contributed by atoms with Gasteiger partial charge in [-0.1, -0.05) is 0 Å². The van der Waals surface area contributed by atoms with Gasteiger partial charge in [0, 0.05) is 24.2 Å². The van der Waals surface area contributed by atoms with Crippen LogP contribution in [0.4, 0.5) is 0 Å². The highest BCUT2D eigenvalue weighted by Crippen LogP contribution is 2.24. The molecule has 0 aromatic carbocycles. The zero-order valence-corrected chi connectivity index (χ0v) is 13.1. The van der Waals surface area contributed by atoms with E-state index in [-0.39, 0.29) is 18.0 Å². The highest BCUT2D eigenvalue weighted by atomic mass is 32.1. The lowest BCUT2D eigenvalue weighted by molar-refractivity contribution is -0.132. The Labute approximate surface area is 136 Å². The minimum Gasteiger partial charge on any atom is -0.336 e. The van der Waals surface area contributed by atoms with Gasteiger partial charge in [-0.25, -0.2) is 9.97 Å². The lowest BCUT2D eigenvalue weighted by Crippen LogP contribution is -2.39. The summed E-state index contributed by atoms with van der Waals surface area (Å²) in [7, 11) is 0. The number of thiophene rings is 1. The second-order valence-electron chi connectivity index (χ2n) is 5.49. The first-order valence-corrected chi connectivity index (χ1v) is 8.23. The van der Waals surface area contributed by atoms with Gasteiger partial charge < -0.3 is 4.90 Å². The first-order valence-electron chi connectivity index (χ1n) is 7.35. The van der Waals surface area contributed by atoms with Gasteiger partial charge in [-0.2, -0.15) is 0 Å². The van der Waals surface area contributed by atoms with E-state index in [0.717, 1.165) is 6.42 Å². The number of fused-ring (bicyclic) bond motifs is 2. The van der Waals surface area contributed by atoms with Crippen molar-refractivity contribution >= 4 is 28.3 Å². The summed E-state index contributed by atoms with van der Waals surface area (Å²) in [6, 6.07) is 5.44. The SMILES string of the molecule is O=C(Cn1cnc2ncccc2c1=O)N1CCc2sccc2C1. The lowest BCUT2D eigenvalue weighted by Gasteiger charge is -2.27. The average Bonchev–Trinajstić information content (AvgIpc) is 3.05. The molecule has 1 amide bonds. The summed E-state index contributed by atoms with van der Waals surface area (Å²) in [6.07, 6.45) is 3.87. The van der Waals surface area contributed by atoms with E-state index in [0.29, 0.717) is 24.1 Å². The van der Waals surface area contributed by atoms with Crippen LogP contribution in [0.2, 0.25) is 0 Å². The Morgan fingerprint density at radius 2 is 2.22 bits per heavy atom. The van der Waals surface area contributed by atoms with E-state index in [1.54, 1.807) is 34.6 Å². The van der Waals surface area contributed by atoms with Crippen molar-refractivity contribution in [1.82, 2.24) is 19.4 Å². The fourth-order valence-electron chi connectivity index (χ4n) is 2.82. The van der Waals surface area contributed by atoms with Crippen LogP contribution in [0.5, 0.6) is 0 Å². The van der Waals surface area contributed by atoms with Crippen LogP contribution in [0.25, 0.3) is 11.0 Å². The quantitative estimate of drug-likeness (QED) is 0.714. The Balaban J connectivity index is 1.58. The van der Waals surface area contributed by atoms with Crippen molar-refractivity contribution in [3.63, 3.8) is 0 Å². The number of pyridine rings is 1. The van der Waals surface area contributed by atoms with Gasteiger partial charge in [-0.15, -0.1) is 11.3 Å². The highest BCUT2D eigenvalue weighted by molar-refractivity contribution is 7.10. The minimum absolute atomic E-state index is 0.0101. The number of carbonyl (C=O) groups excluding carboxylic acids is 1. The van der Waals surface area contributed by atoms with E-state index in [1.807, 2.05) is 0 Å². The van der Waals surface area contributed by atoms with Gasteiger partial charge in [0.2, 0.25) is 5.91 Å². The second kappa shape index (κ2) is 5.58. The summed E-state index contributed by atoms with van der Waals surface area (Å²) in [5.74, 6) is -0.0611. The Hall–Kier alpha value is -2.54. The topological polar surface area (TPSA) is 68.1 Å². The van der Waals surface area contributed by atoms with Crippen molar-refractivity contribution in [2.75, 3.05) is 6.54 Å². The number of carbonyl (C=O) groups is 1. The zero-order valence-electron chi connectivity index (χ0n) is 12.3. The normalized spacial score (nSPS) is 14.0. The van der Waals surface area contributed by atoms with E-state index >= 15 is 0 Å². The van der Waals surface area contributed by atoms with Gasteiger partial charge in [0.15, 0.2) is 5.65 Å². The van der Waals surface area contributed by atoms with Crippen molar-refractivity contribution in [2.45, 2.75) is 19.5 Å². The van der Waals surface area contributed by atoms with Crippen LogP contribution >= 0.6 is 11.3 Å². The van der Waals surface area contributed by atoms with Crippen molar-refractivity contribution in [3.05, 3.63) is 56.9 Å². The fourth-order valence-corrected chi connectivity index (χ4v) is 3.71. The molecule has 0 unspecified atom stereocenters. The number of hydrogen-bond acceptors (Lipinski definition) is 5. The van der Waals surface area contributed by atoms with Gasteiger partial charge >= 0.3 is 0 Å². The molecule has 6 nitrogen and oxygen atoms in total. The Morgan fingerprint density at radius 3 is 3.13 bits per heavy atom. The molecule has 0 saturated heterocycles. The molecule has 7 heteroatoms. The standard InChI is InChI=1S/C16H14N4O2S/c21-14(19-6-3-13-11(8-19)4-7-23-13)9-20-10-18-15-12(16(20)22)2-1-5-17-15/h1-2,4-5,7,10H,3,6,8-9H2. The largest absolute Gasteiger partial charge is 0.336 e. The average molecular weight is 326 g/mol. The van der Waals surface area contributed by atoms with Crippen molar-refractivity contribution in [2.24, 2.45) is 0 Å². The van der Waals surface area contributed by atoms with Gasteiger partial charge in [0.05, 0.1) is 5.39 Å². The number of aromatic nitrogens is 3. The van der Waals surface area contributed by atoms with E-state index in [1.165, 1.54) is 21.3 Å². The second-order valence-corrected chi connectivity index (χ2v) is 6.49. The molecule has 0 radical (unpaired) electrons. The van der Waals surface area contributed by atoms with Crippen molar-refractivity contribution < 1.29 is 4.79 Å². The molecular weight excluding hydrogens is 312 g/mol. The molecule has 0 aliphatic carbocycles. The van der Waals surface area contributed by atoms with Crippen LogP contribution in [0.15, 0.2) is 40.9 Å². The van der Waals surface area contributed by atoms with Gasteiger partial charge in [0.1, 0.15) is 12.9 Å². The monoisotopic (exact) mass is 326 g/mol. The number of hydrogen-bond donors (Lipinski definition) is 0. The third-order valence-electron chi connectivity index (χ3n) is 4.06. The molecule has 23 heavy (non-hydrogen) atoms. The number of amides is 1. The molecular formula is C16H14N4O2S. The van der Waals surface area contributed by atoms with E-state index in [4.69, 9.17) is 0 Å². The summed E-state index contributed by atoms with van der Waals surface area (Å²) < 4.78 is 1.36. The maximum atomic E-state index is 12.5. The molecule has 0 spiro atoms. The number of nitrogens with zero attached hydrogens (tertiary/aromatic N) is 4. The molecule has 3 aromatic rings. The van der Waals surface area contributed by atoms with Crippen molar-refractivity contribution in [3.8, 4) is 0 Å². The maximum Gasteiger partial charge on any atom is 0.263 e. The molecule has 4 rings (SSSR count). The molecule has 4 heterocycles. The van der Waals surface area contributed by atoms with Crippen molar-refractivity contribution in [1.29, 1.82) is 0 Å². The molecule has 0 N–H and O–H groups in total. The Morgan fingerprint density at radius 1 is 1.30 bits per heavy atom. The van der Waals surface area contributed by atoms with Gasteiger partial charge in [0.25, 0.3) is 5.56 Å². The van der Waals surface area contributed by atoms with Crippen LogP contribution < -0.4 is 5.56 Å². The molecule has 0 bridgehead atoms. The smallest absolute Gasteiger partial charge is 0.263 e. The van der Waals surface area contributed by atoms with E-state index in [9.17, 15) is 9.59 Å². The first kappa shape index (κ1) is 14.1. The van der Waals surface area contributed by atoms with Crippen LogP contribution in [0.3, 0.4) is 0 Å². The lowest BCUT2D eigenvalue weighted by atomic mass is 10.1. The van der Waals surface area contributed by atoms with Crippen LogP contribution in [-0.4, -0.2) is 31.9 Å². The summed E-state index contributed by atoms with van der Waals surface area (Å²) in [6.45, 7) is 1.33. The van der Waals surface area contributed by atoms with Crippen LogP contribution in [0.1, 0.15) is 10.4 Å². The van der Waals surface area contributed by atoms with Gasteiger partial charge in [-0.3, -0.25) is 14.2 Å². The van der Waals surface area contributed by atoms with Gasteiger partial charge in [-0.05, 0) is 35.6 Å². The third-order valence-corrected chi connectivity index (χ3v) is 5.09. The van der Waals surface area contributed by atoms with Crippen LogP contribution in [-0.2, 0) is 24.3 Å². The molecule has 0 atom stereocenters. The summed E-state index contributed by atoms with van der Waals surface area (Å²) >= 11 is 1.74. The highest BCUT2D eigenvalue weighted by Gasteiger charge is 2.22. The Bertz CT molecular complexity index is 946. The minimum atomic E-state index is -0.232. The molecule has 1 aliphatic heterocycles. The molecule has 1 aliphatic rings. The zero-order chi connectivity index (χ0) is 15.8.